The molecule has 0 amide bonds. The molecule has 1 aliphatic rings. The predicted molar refractivity (Wildman–Crippen MR) is 83.7 cm³/mol. The van der Waals surface area contributed by atoms with Crippen LogP contribution >= 0.6 is 0 Å². The Kier molecular flexibility index (Phi) is 4.70. The lowest BCUT2D eigenvalue weighted by Gasteiger charge is -2.23. The van der Waals surface area contributed by atoms with Crippen LogP contribution in [0.4, 0.5) is 5.69 Å². The molecule has 0 radical (unpaired) electrons. The quantitative estimate of drug-likeness (QED) is 0.896. The van der Waals surface area contributed by atoms with Gasteiger partial charge >= 0.3 is 0 Å². The molecule has 5 heteroatoms. The molecule has 1 aliphatic heterocycles. The lowest BCUT2D eigenvalue weighted by Crippen LogP contribution is -2.35. The molecule has 0 spiro atoms. The molecule has 20 heavy (non-hydrogen) atoms. The minimum Gasteiger partial charge on any atom is -0.316 e. The van der Waals surface area contributed by atoms with E-state index >= 15 is 0 Å². The third-order valence-electron chi connectivity index (χ3n) is 3.79. The Morgan fingerprint density at radius 3 is 2.45 bits per heavy atom. The van der Waals surface area contributed by atoms with Crippen molar-refractivity contribution in [3.05, 3.63) is 28.8 Å². The first-order chi connectivity index (χ1) is 9.37. The number of aryl methyl sites for hydroxylation is 3. The second-order valence-corrected chi connectivity index (χ2v) is 7.64. The van der Waals surface area contributed by atoms with Gasteiger partial charge in [-0.25, -0.2) is 8.42 Å². The molecule has 0 bridgehead atoms. The lowest BCUT2D eigenvalue weighted by molar-refractivity contribution is 0.404. The summed E-state index contributed by atoms with van der Waals surface area (Å²) in [4.78, 5) is 0. The third-order valence-corrected chi connectivity index (χ3v) is 5.21. The van der Waals surface area contributed by atoms with E-state index in [4.69, 9.17) is 0 Å². The lowest BCUT2D eigenvalue weighted by atomic mass is 10.0. The van der Waals surface area contributed by atoms with E-state index in [-0.39, 0.29) is 11.7 Å². The van der Waals surface area contributed by atoms with Gasteiger partial charge in [0.05, 0.1) is 11.4 Å². The van der Waals surface area contributed by atoms with Crippen LogP contribution < -0.4 is 10.0 Å². The average molecular weight is 296 g/mol. The topological polar surface area (TPSA) is 58.2 Å². The molecule has 2 rings (SSSR count). The summed E-state index contributed by atoms with van der Waals surface area (Å²) in [6, 6.07) is 4.01. The summed E-state index contributed by atoms with van der Waals surface area (Å²) in [6.45, 7) is 7.71. The van der Waals surface area contributed by atoms with Crippen molar-refractivity contribution in [1.82, 2.24) is 5.32 Å². The van der Waals surface area contributed by atoms with Crippen LogP contribution in [-0.4, -0.2) is 27.3 Å². The smallest absolute Gasteiger partial charge is 0.233 e. The van der Waals surface area contributed by atoms with Gasteiger partial charge in [-0.15, -0.1) is 0 Å². The molecule has 1 aromatic rings. The molecule has 4 nitrogen and oxygen atoms in total. The van der Waals surface area contributed by atoms with Crippen LogP contribution in [0.15, 0.2) is 12.1 Å². The molecule has 1 aromatic carbocycles. The minimum absolute atomic E-state index is 0.201. The first-order valence-corrected chi connectivity index (χ1v) is 8.81. The second-order valence-electron chi connectivity index (χ2n) is 5.87. The molecule has 1 unspecified atom stereocenters. The summed E-state index contributed by atoms with van der Waals surface area (Å²) in [5.41, 5.74) is 3.85. The van der Waals surface area contributed by atoms with Crippen molar-refractivity contribution in [1.29, 1.82) is 0 Å². The highest BCUT2D eigenvalue weighted by Gasteiger charge is 2.22. The summed E-state index contributed by atoms with van der Waals surface area (Å²) in [7, 11) is -3.28. The molecule has 1 saturated heterocycles. The highest BCUT2D eigenvalue weighted by atomic mass is 32.2. The van der Waals surface area contributed by atoms with Gasteiger partial charge in [0, 0.05) is 0 Å². The van der Waals surface area contributed by atoms with Crippen molar-refractivity contribution in [2.24, 2.45) is 5.92 Å². The Labute approximate surface area is 122 Å². The van der Waals surface area contributed by atoms with Gasteiger partial charge < -0.3 is 5.32 Å². The fourth-order valence-corrected chi connectivity index (χ4v) is 4.54. The fraction of sp³-hybridized carbons (Fsp3) is 0.600. The van der Waals surface area contributed by atoms with Crippen LogP contribution in [0.5, 0.6) is 0 Å². The van der Waals surface area contributed by atoms with Gasteiger partial charge in [0.25, 0.3) is 0 Å². The predicted octanol–water partition coefficient (Wildman–Crippen LogP) is 2.35. The average Bonchev–Trinajstić information content (AvgIpc) is 2.34. The number of benzene rings is 1. The van der Waals surface area contributed by atoms with E-state index < -0.39 is 10.0 Å². The number of rotatable bonds is 4. The Hall–Kier alpha value is -1.07. The molecule has 0 aromatic heterocycles. The standard InChI is InChI=1S/C15H24N2O2S/c1-11-7-12(2)15(13(3)8-11)17-20(18,19)10-14-5-4-6-16-9-14/h7-8,14,16-17H,4-6,9-10H2,1-3H3. The van der Waals surface area contributed by atoms with Crippen LogP contribution in [0.1, 0.15) is 29.5 Å². The maximum atomic E-state index is 12.3. The van der Waals surface area contributed by atoms with Crippen LogP contribution in [0.25, 0.3) is 0 Å². The third kappa shape index (κ3) is 3.96. The number of hydrogen-bond acceptors (Lipinski definition) is 3. The van der Waals surface area contributed by atoms with Gasteiger partial charge in [-0.1, -0.05) is 17.7 Å². The largest absolute Gasteiger partial charge is 0.316 e. The molecule has 1 atom stereocenters. The van der Waals surface area contributed by atoms with E-state index in [0.29, 0.717) is 0 Å². The molecule has 1 fully saturated rings. The molecular weight excluding hydrogens is 272 g/mol. The van der Waals surface area contributed by atoms with Gasteiger partial charge in [0.2, 0.25) is 10.0 Å². The van der Waals surface area contributed by atoms with Crippen molar-refractivity contribution in [2.75, 3.05) is 23.6 Å². The van der Waals surface area contributed by atoms with Crippen molar-refractivity contribution in [3.8, 4) is 0 Å². The maximum Gasteiger partial charge on any atom is 0.233 e. The Balaban J connectivity index is 2.11. The molecule has 112 valence electrons. The summed E-state index contributed by atoms with van der Waals surface area (Å²) >= 11 is 0. The Bertz CT molecular complexity index is 553. The fourth-order valence-electron chi connectivity index (χ4n) is 2.91. The number of hydrogen-bond donors (Lipinski definition) is 2. The number of nitrogens with one attached hydrogen (secondary N) is 2. The molecule has 0 saturated carbocycles. The SMILES string of the molecule is Cc1cc(C)c(NS(=O)(=O)CC2CCCNC2)c(C)c1. The summed E-state index contributed by atoms with van der Waals surface area (Å²) in [6.07, 6.45) is 2.04. The normalized spacial score (nSPS) is 19.9. The maximum absolute atomic E-state index is 12.3. The zero-order chi connectivity index (χ0) is 14.8. The highest BCUT2D eigenvalue weighted by Crippen LogP contribution is 2.24. The molecule has 2 N–H and O–H groups in total. The van der Waals surface area contributed by atoms with E-state index in [0.717, 1.165) is 48.3 Å². The van der Waals surface area contributed by atoms with Crippen LogP contribution in [0.3, 0.4) is 0 Å². The van der Waals surface area contributed by atoms with Crippen molar-refractivity contribution < 1.29 is 8.42 Å². The number of sulfonamides is 1. The summed E-state index contributed by atoms with van der Waals surface area (Å²) < 4.78 is 27.4. The van der Waals surface area contributed by atoms with E-state index in [1.54, 1.807) is 0 Å². The number of anilines is 1. The van der Waals surface area contributed by atoms with E-state index in [1.165, 1.54) is 0 Å². The first-order valence-electron chi connectivity index (χ1n) is 7.16. The Morgan fingerprint density at radius 1 is 1.25 bits per heavy atom. The van der Waals surface area contributed by atoms with Crippen LogP contribution in [0, 0.1) is 26.7 Å². The van der Waals surface area contributed by atoms with Crippen molar-refractivity contribution in [3.63, 3.8) is 0 Å². The second kappa shape index (κ2) is 6.14. The Morgan fingerprint density at radius 2 is 1.90 bits per heavy atom. The number of piperidine rings is 1. The van der Waals surface area contributed by atoms with E-state index in [9.17, 15) is 8.42 Å². The highest BCUT2D eigenvalue weighted by molar-refractivity contribution is 7.92. The van der Waals surface area contributed by atoms with Gasteiger partial charge in [-0.05, 0) is 63.7 Å². The molecule has 0 aliphatic carbocycles. The van der Waals surface area contributed by atoms with Gasteiger partial charge in [-0.3, -0.25) is 4.72 Å². The van der Waals surface area contributed by atoms with E-state index in [1.807, 2.05) is 32.9 Å². The monoisotopic (exact) mass is 296 g/mol. The van der Waals surface area contributed by atoms with Gasteiger partial charge in [0.1, 0.15) is 0 Å². The zero-order valence-corrected chi connectivity index (χ0v) is 13.3. The summed E-state index contributed by atoms with van der Waals surface area (Å²) in [5.74, 6) is 0.416. The van der Waals surface area contributed by atoms with Crippen LogP contribution in [0.2, 0.25) is 0 Å². The summed E-state index contributed by atoms with van der Waals surface area (Å²) in [5, 5.41) is 3.26. The van der Waals surface area contributed by atoms with Gasteiger partial charge in [0.15, 0.2) is 0 Å². The van der Waals surface area contributed by atoms with Crippen molar-refractivity contribution in [2.45, 2.75) is 33.6 Å². The van der Waals surface area contributed by atoms with Gasteiger partial charge in [-0.2, -0.15) is 0 Å². The zero-order valence-electron chi connectivity index (χ0n) is 12.5. The molecule has 1 heterocycles. The van der Waals surface area contributed by atoms with Crippen LogP contribution in [-0.2, 0) is 10.0 Å². The van der Waals surface area contributed by atoms with Crippen molar-refractivity contribution >= 4 is 15.7 Å². The first kappa shape index (κ1) is 15.3. The molecular formula is C15H24N2O2S. The van der Waals surface area contributed by atoms with E-state index in [2.05, 4.69) is 10.0 Å². The minimum atomic E-state index is -3.28.